The molecule has 0 amide bonds. The number of aliphatic imine (C=N–C) groups is 1. The molecule has 2 atom stereocenters. The lowest BCUT2D eigenvalue weighted by molar-refractivity contribution is 0.123. The summed E-state index contributed by atoms with van der Waals surface area (Å²) in [7, 11) is 4.16. The summed E-state index contributed by atoms with van der Waals surface area (Å²) in [5, 5.41) is 10.0. The average molecular weight is 559 g/mol. The Kier molecular flexibility index (Phi) is 9.18. The van der Waals surface area contributed by atoms with Crippen LogP contribution in [0.4, 0.5) is 0 Å². The van der Waals surface area contributed by atoms with Crippen LogP contribution in [0.2, 0.25) is 0 Å². The fourth-order valence-electron chi connectivity index (χ4n) is 4.78. The van der Waals surface area contributed by atoms with Gasteiger partial charge < -0.3 is 14.7 Å². The molecule has 0 saturated carbocycles. The molecule has 0 bridgehead atoms. The van der Waals surface area contributed by atoms with E-state index in [1.807, 2.05) is 31.4 Å². The molecule has 0 radical (unpaired) electrons. The molecule has 2 fully saturated rings. The maximum Gasteiger partial charge on any atom is 0.193 e. The van der Waals surface area contributed by atoms with Gasteiger partial charge in [-0.05, 0) is 50.7 Å². The topological polar surface area (TPSA) is 60.1 Å². The Morgan fingerprint density at radius 1 is 1.29 bits per heavy atom. The first-order valence-corrected chi connectivity index (χ1v) is 11.9. The number of hydrogen-bond acceptors (Lipinski definition) is 6. The van der Waals surface area contributed by atoms with E-state index < -0.39 is 0 Å². The summed E-state index contributed by atoms with van der Waals surface area (Å²) in [6, 6.07) is 6.99. The second-order valence-corrected chi connectivity index (χ2v) is 9.44. The van der Waals surface area contributed by atoms with Crippen LogP contribution in [0.1, 0.15) is 35.2 Å². The maximum atomic E-state index is 5.20. The number of piperidine rings is 1. The number of halogens is 1. The minimum atomic E-state index is 0. The Morgan fingerprint density at radius 2 is 2.10 bits per heavy atom. The van der Waals surface area contributed by atoms with Gasteiger partial charge in [-0.15, -0.1) is 35.3 Å². The monoisotopic (exact) mass is 558 g/mol. The third kappa shape index (κ3) is 6.21. The molecule has 0 aromatic carbocycles. The van der Waals surface area contributed by atoms with E-state index in [4.69, 9.17) is 4.52 Å². The molecule has 2 aliphatic heterocycles. The van der Waals surface area contributed by atoms with Gasteiger partial charge in [-0.1, -0.05) is 11.2 Å². The Hall–Kier alpha value is -1.17. The van der Waals surface area contributed by atoms with Crippen LogP contribution in [-0.4, -0.2) is 79.2 Å². The van der Waals surface area contributed by atoms with E-state index in [0.29, 0.717) is 12.0 Å². The number of thiophene rings is 1. The fraction of sp³-hybridized carbons (Fsp3) is 0.636. The second-order valence-electron chi connectivity index (χ2n) is 8.46. The van der Waals surface area contributed by atoms with Gasteiger partial charge in [0.15, 0.2) is 5.96 Å². The molecule has 2 unspecified atom stereocenters. The molecular formula is C22H35IN6OS. The third-order valence-corrected chi connectivity index (χ3v) is 7.25. The lowest BCUT2D eigenvalue weighted by atomic mass is 9.88. The molecule has 2 aromatic rings. The van der Waals surface area contributed by atoms with Crippen molar-refractivity contribution < 1.29 is 4.52 Å². The highest BCUT2D eigenvalue weighted by Gasteiger charge is 2.31. The Bertz CT molecular complexity index is 818. The molecule has 7 nitrogen and oxygen atoms in total. The number of piperazine rings is 1. The first-order chi connectivity index (χ1) is 14.6. The predicted octanol–water partition coefficient (Wildman–Crippen LogP) is 3.44. The molecule has 0 aliphatic carbocycles. The van der Waals surface area contributed by atoms with Gasteiger partial charge >= 0.3 is 0 Å². The Balaban J connectivity index is 0.00000272. The first-order valence-electron chi connectivity index (χ1n) is 11.0. The average Bonchev–Trinajstić information content (AvgIpc) is 3.41. The van der Waals surface area contributed by atoms with Gasteiger partial charge in [-0.3, -0.25) is 14.8 Å². The standard InChI is InChI=1S/C22H34N6OS.HI/c1-17-14-19(25-29-17)16-27-9-11-28(12-10-27)22(23-2)24-15-18-6-4-8-26(3)21(18)20-7-5-13-30-20;/h5,7,13-14,18,21H,4,6,8-12,15-16H2,1-3H3,(H,23,24);1H. The van der Waals surface area contributed by atoms with E-state index in [2.05, 4.69) is 54.7 Å². The number of guanidine groups is 1. The lowest BCUT2D eigenvalue weighted by Crippen LogP contribution is -2.53. The van der Waals surface area contributed by atoms with Crippen molar-refractivity contribution in [3.63, 3.8) is 0 Å². The molecule has 0 spiro atoms. The lowest BCUT2D eigenvalue weighted by Gasteiger charge is -2.40. The summed E-state index contributed by atoms with van der Waals surface area (Å²) < 4.78 is 5.20. The third-order valence-electron chi connectivity index (χ3n) is 6.31. The number of likely N-dealkylation sites (tertiary alicyclic amines) is 1. The number of aryl methyl sites for hydroxylation is 1. The van der Waals surface area contributed by atoms with Crippen LogP contribution in [0.5, 0.6) is 0 Å². The molecule has 31 heavy (non-hydrogen) atoms. The highest BCUT2D eigenvalue weighted by Crippen LogP contribution is 2.36. The van der Waals surface area contributed by atoms with E-state index in [-0.39, 0.29) is 24.0 Å². The van der Waals surface area contributed by atoms with Crippen molar-refractivity contribution in [3.8, 4) is 0 Å². The smallest absolute Gasteiger partial charge is 0.193 e. The number of rotatable bonds is 5. The van der Waals surface area contributed by atoms with Crippen molar-refractivity contribution in [1.29, 1.82) is 0 Å². The second kappa shape index (κ2) is 11.6. The minimum Gasteiger partial charge on any atom is -0.361 e. The molecule has 1 N–H and O–H groups in total. The number of hydrogen-bond donors (Lipinski definition) is 1. The van der Waals surface area contributed by atoms with Crippen LogP contribution in [-0.2, 0) is 6.54 Å². The predicted molar refractivity (Wildman–Crippen MR) is 137 cm³/mol. The minimum absolute atomic E-state index is 0. The van der Waals surface area contributed by atoms with Crippen molar-refractivity contribution in [3.05, 3.63) is 39.9 Å². The maximum absolute atomic E-state index is 5.20. The van der Waals surface area contributed by atoms with E-state index in [9.17, 15) is 0 Å². The van der Waals surface area contributed by atoms with Gasteiger partial charge in [0.05, 0.1) is 5.69 Å². The van der Waals surface area contributed by atoms with Gasteiger partial charge in [-0.25, -0.2) is 0 Å². The fourth-order valence-corrected chi connectivity index (χ4v) is 5.76. The number of nitrogens with zero attached hydrogens (tertiary/aromatic N) is 5. The van der Waals surface area contributed by atoms with Crippen molar-refractivity contribution in [1.82, 2.24) is 25.2 Å². The largest absolute Gasteiger partial charge is 0.361 e. The SMILES string of the molecule is CN=C(NCC1CCCN(C)C1c1cccs1)N1CCN(Cc2cc(C)on2)CC1.I. The summed E-state index contributed by atoms with van der Waals surface area (Å²) in [6.45, 7) is 8.93. The molecule has 4 heterocycles. The molecule has 2 aliphatic rings. The van der Waals surface area contributed by atoms with Crippen LogP contribution in [0, 0.1) is 12.8 Å². The summed E-state index contributed by atoms with van der Waals surface area (Å²) in [6.07, 6.45) is 2.53. The van der Waals surface area contributed by atoms with Crippen molar-refractivity contribution in [2.24, 2.45) is 10.9 Å². The molecule has 2 aromatic heterocycles. The van der Waals surface area contributed by atoms with Gasteiger partial charge in [0, 0.05) is 63.3 Å². The highest BCUT2D eigenvalue weighted by atomic mass is 127. The molecule has 4 rings (SSSR count). The quantitative estimate of drug-likeness (QED) is 0.345. The van der Waals surface area contributed by atoms with E-state index in [1.165, 1.54) is 24.3 Å². The molecule has 9 heteroatoms. The molecular weight excluding hydrogens is 523 g/mol. The summed E-state index contributed by atoms with van der Waals surface area (Å²) in [5.41, 5.74) is 1.02. The Morgan fingerprint density at radius 3 is 2.74 bits per heavy atom. The van der Waals surface area contributed by atoms with Crippen LogP contribution in [0.25, 0.3) is 0 Å². The summed E-state index contributed by atoms with van der Waals surface area (Å²) >= 11 is 1.88. The zero-order chi connectivity index (χ0) is 20.9. The molecule has 172 valence electrons. The van der Waals surface area contributed by atoms with Gasteiger partial charge in [0.2, 0.25) is 0 Å². The van der Waals surface area contributed by atoms with Gasteiger partial charge in [0.1, 0.15) is 5.76 Å². The van der Waals surface area contributed by atoms with Gasteiger partial charge in [-0.2, -0.15) is 0 Å². The first kappa shape index (κ1) is 24.5. The van der Waals surface area contributed by atoms with Crippen LogP contribution < -0.4 is 5.32 Å². The zero-order valence-electron chi connectivity index (χ0n) is 18.8. The summed E-state index contributed by atoms with van der Waals surface area (Å²) in [4.78, 5) is 13.4. The number of aromatic nitrogens is 1. The van der Waals surface area contributed by atoms with E-state index >= 15 is 0 Å². The van der Waals surface area contributed by atoms with Crippen molar-refractivity contribution >= 4 is 41.3 Å². The number of nitrogens with one attached hydrogen (secondary N) is 1. The highest BCUT2D eigenvalue weighted by molar-refractivity contribution is 14.0. The normalized spacial score (nSPS) is 23.6. The van der Waals surface area contributed by atoms with Crippen molar-refractivity contribution in [2.75, 3.05) is 53.4 Å². The van der Waals surface area contributed by atoms with Crippen LogP contribution in [0.3, 0.4) is 0 Å². The van der Waals surface area contributed by atoms with E-state index in [1.54, 1.807) is 0 Å². The van der Waals surface area contributed by atoms with Gasteiger partial charge in [0.25, 0.3) is 0 Å². The van der Waals surface area contributed by atoms with Crippen LogP contribution >= 0.6 is 35.3 Å². The summed E-state index contributed by atoms with van der Waals surface area (Å²) in [5.74, 6) is 2.52. The van der Waals surface area contributed by atoms with E-state index in [0.717, 1.165) is 56.7 Å². The Labute approximate surface area is 206 Å². The van der Waals surface area contributed by atoms with Crippen LogP contribution in [0.15, 0.2) is 33.1 Å². The molecule has 2 saturated heterocycles. The van der Waals surface area contributed by atoms with Crippen molar-refractivity contribution in [2.45, 2.75) is 32.4 Å². The zero-order valence-corrected chi connectivity index (χ0v) is 21.9.